The molecule has 0 saturated carbocycles. The van der Waals surface area contributed by atoms with E-state index < -0.39 is 0 Å². The summed E-state index contributed by atoms with van der Waals surface area (Å²) in [6, 6.07) is 53.8. The highest BCUT2D eigenvalue weighted by Crippen LogP contribution is 2.40. The smallest absolute Gasteiger partial charge is 0.143 e. The lowest BCUT2D eigenvalue weighted by molar-refractivity contribution is 0.987. The van der Waals surface area contributed by atoms with Crippen molar-refractivity contribution in [1.29, 1.82) is 0 Å². The first-order valence-electron chi connectivity index (χ1n) is 16.8. The Kier molecular flexibility index (Phi) is 5.57. The third-order valence-corrected chi connectivity index (χ3v) is 10.1. The predicted molar refractivity (Wildman–Crippen MR) is 204 cm³/mol. The van der Waals surface area contributed by atoms with Crippen LogP contribution in [0.1, 0.15) is 0 Å². The van der Waals surface area contributed by atoms with Gasteiger partial charge in [-0.2, -0.15) is 0 Å². The Morgan fingerprint density at radius 1 is 0.380 bits per heavy atom. The number of hydrogen-bond acceptors (Lipinski definition) is 2. The lowest BCUT2D eigenvalue weighted by Gasteiger charge is -2.11. The van der Waals surface area contributed by atoms with Crippen molar-refractivity contribution < 1.29 is 0 Å². The maximum Gasteiger partial charge on any atom is 0.143 e. The maximum atomic E-state index is 4.92. The maximum absolute atomic E-state index is 4.92. The summed E-state index contributed by atoms with van der Waals surface area (Å²) in [5.74, 6) is 1.64. The third kappa shape index (κ3) is 3.73. The summed E-state index contributed by atoms with van der Waals surface area (Å²) in [5.41, 5.74) is 9.05. The van der Waals surface area contributed by atoms with Gasteiger partial charge in [0.1, 0.15) is 18.0 Å². The lowest BCUT2D eigenvalue weighted by atomic mass is 10.1. The van der Waals surface area contributed by atoms with Crippen molar-refractivity contribution in [2.75, 3.05) is 0 Å². The van der Waals surface area contributed by atoms with E-state index in [1.54, 1.807) is 6.33 Å². The van der Waals surface area contributed by atoms with E-state index in [0.29, 0.717) is 0 Å². The zero-order valence-electron chi connectivity index (χ0n) is 26.8. The minimum atomic E-state index is 0.818. The zero-order valence-corrected chi connectivity index (χ0v) is 26.8. The molecule has 0 aliphatic carbocycles. The molecule has 6 aromatic carbocycles. The minimum absolute atomic E-state index is 0.818. The molecular weight excluding hydrogens is 613 g/mol. The van der Waals surface area contributed by atoms with Crippen LogP contribution in [0.2, 0.25) is 0 Å². The molecule has 0 bridgehead atoms. The average Bonchev–Trinajstić information content (AvgIpc) is 3.96. The Bertz CT molecular complexity index is 2880. The summed E-state index contributed by atoms with van der Waals surface area (Å²) in [4.78, 5) is 9.85. The highest BCUT2D eigenvalue weighted by Gasteiger charge is 2.21. The van der Waals surface area contributed by atoms with Gasteiger partial charge in [0, 0.05) is 62.2 Å². The SMILES string of the molecule is c1ccc(-n2ccc3ccc4c(c5ccccc5n4-c4cc(-n5c6ccccc6c6c7c(ccc65)ccn7-c5ccccc5)ncn4)c32)cc1. The number of hydrogen-bond donors (Lipinski definition) is 0. The van der Waals surface area contributed by atoms with Gasteiger partial charge in [-0.25, -0.2) is 9.97 Å². The molecule has 11 aromatic rings. The molecule has 234 valence electrons. The molecule has 0 fully saturated rings. The second kappa shape index (κ2) is 10.3. The Hall–Kier alpha value is -6.92. The Morgan fingerprint density at radius 2 is 0.820 bits per heavy atom. The van der Waals surface area contributed by atoms with Crippen LogP contribution >= 0.6 is 0 Å². The van der Waals surface area contributed by atoms with Crippen molar-refractivity contribution in [1.82, 2.24) is 28.2 Å². The Labute approximate surface area is 286 Å². The van der Waals surface area contributed by atoms with Crippen molar-refractivity contribution in [3.05, 3.63) is 170 Å². The van der Waals surface area contributed by atoms with E-state index in [1.807, 2.05) is 0 Å². The largest absolute Gasteiger partial charge is 0.316 e. The number of nitrogens with zero attached hydrogens (tertiary/aromatic N) is 6. The average molecular weight is 641 g/mol. The summed E-state index contributed by atoms with van der Waals surface area (Å²) in [6.07, 6.45) is 6.03. The molecule has 11 rings (SSSR count). The number of benzene rings is 6. The molecule has 0 amide bonds. The summed E-state index contributed by atoms with van der Waals surface area (Å²) >= 11 is 0. The van der Waals surface area contributed by atoms with Gasteiger partial charge in [-0.05, 0) is 60.7 Å². The van der Waals surface area contributed by atoms with Gasteiger partial charge in [-0.3, -0.25) is 9.13 Å². The monoisotopic (exact) mass is 640 g/mol. The molecule has 0 N–H and O–H groups in total. The van der Waals surface area contributed by atoms with Gasteiger partial charge in [-0.15, -0.1) is 0 Å². The van der Waals surface area contributed by atoms with E-state index in [9.17, 15) is 0 Å². The lowest BCUT2D eigenvalue weighted by Crippen LogP contribution is -2.03. The fourth-order valence-electron chi connectivity index (χ4n) is 8.05. The first-order valence-corrected chi connectivity index (χ1v) is 16.8. The Morgan fingerprint density at radius 3 is 1.30 bits per heavy atom. The van der Waals surface area contributed by atoms with Crippen LogP contribution in [0.25, 0.3) is 88.4 Å². The molecule has 50 heavy (non-hydrogen) atoms. The van der Waals surface area contributed by atoms with Crippen LogP contribution in [0.4, 0.5) is 0 Å². The molecule has 6 heteroatoms. The minimum Gasteiger partial charge on any atom is -0.316 e. The molecule has 0 saturated heterocycles. The van der Waals surface area contributed by atoms with Gasteiger partial charge in [0.05, 0.1) is 33.1 Å². The van der Waals surface area contributed by atoms with E-state index in [0.717, 1.165) is 45.1 Å². The van der Waals surface area contributed by atoms with Crippen LogP contribution in [0, 0.1) is 0 Å². The molecule has 5 heterocycles. The molecule has 0 unspecified atom stereocenters. The van der Waals surface area contributed by atoms with Crippen molar-refractivity contribution in [3.63, 3.8) is 0 Å². The van der Waals surface area contributed by atoms with Gasteiger partial charge in [-0.1, -0.05) is 84.9 Å². The van der Waals surface area contributed by atoms with Crippen molar-refractivity contribution in [2.24, 2.45) is 0 Å². The van der Waals surface area contributed by atoms with Crippen LogP contribution in [0.5, 0.6) is 0 Å². The van der Waals surface area contributed by atoms with Gasteiger partial charge in [0.15, 0.2) is 0 Å². The van der Waals surface area contributed by atoms with Crippen molar-refractivity contribution in [2.45, 2.75) is 0 Å². The first-order chi connectivity index (χ1) is 24.8. The van der Waals surface area contributed by atoms with Crippen LogP contribution in [0.15, 0.2) is 170 Å². The summed E-state index contributed by atoms with van der Waals surface area (Å²) in [5, 5.41) is 7.17. The molecular formula is C44H28N6. The molecule has 0 radical (unpaired) electrons. The highest BCUT2D eigenvalue weighted by atomic mass is 15.1. The molecule has 0 atom stereocenters. The molecule has 0 aliphatic rings. The normalized spacial score (nSPS) is 12.0. The fraction of sp³-hybridized carbons (Fsp3) is 0. The number of fused-ring (bicyclic) bond motifs is 10. The summed E-state index contributed by atoms with van der Waals surface area (Å²) in [7, 11) is 0. The van der Waals surface area contributed by atoms with Crippen molar-refractivity contribution >= 4 is 65.4 Å². The highest BCUT2D eigenvalue weighted by molar-refractivity contribution is 6.22. The second-order valence-corrected chi connectivity index (χ2v) is 12.8. The standard InChI is InChI=1S/C44H28N6/c1-3-11-31(12-4-1)47-25-23-29-19-21-37-41(43(29)47)33-15-7-9-17-35(33)49(37)39-27-40(46-28-45-39)50-36-18-10-8-16-34(36)42-38(50)22-20-30-24-26-48(44(30)42)32-13-5-2-6-14-32/h1-28H. The van der Waals surface area contributed by atoms with Crippen LogP contribution in [-0.2, 0) is 0 Å². The number of aromatic nitrogens is 6. The molecule has 0 aliphatic heterocycles. The van der Waals surface area contributed by atoms with E-state index in [2.05, 4.69) is 182 Å². The van der Waals surface area contributed by atoms with Crippen molar-refractivity contribution in [3.8, 4) is 23.0 Å². The van der Waals surface area contributed by atoms with E-state index in [1.165, 1.54) is 43.4 Å². The van der Waals surface area contributed by atoms with E-state index in [-0.39, 0.29) is 0 Å². The van der Waals surface area contributed by atoms with Gasteiger partial charge in [0.25, 0.3) is 0 Å². The molecule has 0 spiro atoms. The molecule has 5 aromatic heterocycles. The number of rotatable bonds is 4. The third-order valence-electron chi connectivity index (χ3n) is 10.1. The van der Waals surface area contributed by atoms with Gasteiger partial charge in [0.2, 0.25) is 0 Å². The second-order valence-electron chi connectivity index (χ2n) is 12.8. The first kappa shape index (κ1) is 27.1. The van der Waals surface area contributed by atoms with Crippen LogP contribution in [-0.4, -0.2) is 28.2 Å². The van der Waals surface area contributed by atoms with E-state index >= 15 is 0 Å². The summed E-state index contributed by atoms with van der Waals surface area (Å²) < 4.78 is 9.16. The van der Waals surface area contributed by atoms with Crippen LogP contribution < -0.4 is 0 Å². The predicted octanol–water partition coefficient (Wildman–Crippen LogP) is 10.6. The van der Waals surface area contributed by atoms with Gasteiger partial charge >= 0.3 is 0 Å². The quantitative estimate of drug-likeness (QED) is 0.192. The molecule has 6 nitrogen and oxygen atoms in total. The topological polar surface area (TPSA) is 45.5 Å². The fourth-order valence-corrected chi connectivity index (χ4v) is 8.05. The van der Waals surface area contributed by atoms with Crippen LogP contribution in [0.3, 0.4) is 0 Å². The summed E-state index contributed by atoms with van der Waals surface area (Å²) in [6.45, 7) is 0. The number of para-hydroxylation sites is 4. The van der Waals surface area contributed by atoms with E-state index in [4.69, 9.17) is 9.97 Å². The zero-order chi connectivity index (χ0) is 32.8. The van der Waals surface area contributed by atoms with Gasteiger partial charge < -0.3 is 9.13 Å². The Balaban J connectivity index is 1.19.